The first-order valence-electron chi connectivity index (χ1n) is 13.5. The number of para-hydroxylation sites is 2. The van der Waals surface area contributed by atoms with E-state index >= 15 is 0 Å². The molecule has 2 N–H and O–H groups in total. The number of hydrogen-bond acceptors (Lipinski definition) is 6. The SMILES string of the molecule is Cc1ccccc1OCCCCOc1ccc(C=Cc2cccc3c2OC(C(=O)O)CN3CCCC(=O)O)cc1. The highest BCUT2D eigenvalue weighted by atomic mass is 16.5. The smallest absolute Gasteiger partial charge is 0.346 e. The molecule has 0 aromatic heterocycles. The van der Waals surface area contributed by atoms with Crippen molar-refractivity contribution in [2.24, 2.45) is 0 Å². The first-order chi connectivity index (χ1) is 19.4. The van der Waals surface area contributed by atoms with Crippen LogP contribution in [0.3, 0.4) is 0 Å². The molecule has 1 heterocycles. The van der Waals surface area contributed by atoms with Gasteiger partial charge < -0.3 is 29.3 Å². The molecule has 0 aliphatic carbocycles. The molecule has 0 bridgehead atoms. The molecular formula is C32H35NO7. The van der Waals surface area contributed by atoms with E-state index in [0.717, 1.165) is 46.7 Å². The van der Waals surface area contributed by atoms with Crippen LogP contribution in [0.5, 0.6) is 17.2 Å². The van der Waals surface area contributed by atoms with Crippen molar-refractivity contribution in [3.8, 4) is 17.2 Å². The zero-order valence-corrected chi connectivity index (χ0v) is 22.6. The number of benzene rings is 3. The monoisotopic (exact) mass is 545 g/mol. The quantitative estimate of drug-likeness (QED) is 0.190. The molecule has 4 rings (SSSR count). The molecule has 8 nitrogen and oxygen atoms in total. The number of carbonyl (C=O) groups is 2. The number of ether oxygens (including phenoxy) is 3. The first-order valence-corrected chi connectivity index (χ1v) is 13.5. The van der Waals surface area contributed by atoms with Crippen molar-refractivity contribution in [2.75, 3.05) is 31.2 Å². The highest BCUT2D eigenvalue weighted by Gasteiger charge is 2.31. The maximum atomic E-state index is 11.7. The molecule has 3 aromatic carbocycles. The van der Waals surface area contributed by atoms with Gasteiger partial charge in [-0.15, -0.1) is 0 Å². The number of carboxylic acids is 2. The summed E-state index contributed by atoms with van der Waals surface area (Å²) in [7, 11) is 0. The lowest BCUT2D eigenvalue weighted by Gasteiger charge is -2.35. The first kappa shape index (κ1) is 28.5. The Bertz CT molecular complexity index is 1320. The third kappa shape index (κ3) is 8.02. The molecule has 0 saturated heterocycles. The Labute approximate surface area is 234 Å². The minimum atomic E-state index is -1.05. The summed E-state index contributed by atoms with van der Waals surface area (Å²) in [5.41, 5.74) is 3.60. The maximum Gasteiger partial charge on any atom is 0.346 e. The third-order valence-electron chi connectivity index (χ3n) is 6.60. The zero-order valence-electron chi connectivity index (χ0n) is 22.6. The van der Waals surface area contributed by atoms with Crippen LogP contribution in [-0.2, 0) is 9.59 Å². The van der Waals surface area contributed by atoms with E-state index in [1.807, 2.05) is 90.7 Å². The number of nitrogens with zero attached hydrogens (tertiary/aromatic N) is 1. The molecule has 0 saturated carbocycles. The molecule has 0 amide bonds. The lowest BCUT2D eigenvalue weighted by molar-refractivity contribution is -0.145. The maximum absolute atomic E-state index is 11.7. The summed E-state index contributed by atoms with van der Waals surface area (Å²) in [6, 6.07) is 21.4. The summed E-state index contributed by atoms with van der Waals surface area (Å²) >= 11 is 0. The molecule has 210 valence electrons. The number of carboxylic acid groups (broad SMARTS) is 2. The van der Waals surface area contributed by atoms with Crippen molar-refractivity contribution in [3.63, 3.8) is 0 Å². The molecule has 0 radical (unpaired) electrons. The van der Waals surface area contributed by atoms with E-state index in [1.54, 1.807) is 0 Å². The Hall–Kier alpha value is -4.46. The second-order valence-corrected chi connectivity index (χ2v) is 9.66. The number of unbranched alkanes of at least 4 members (excludes halogenated alkanes) is 1. The van der Waals surface area contributed by atoms with Gasteiger partial charge in [0.1, 0.15) is 11.5 Å². The van der Waals surface area contributed by atoms with Gasteiger partial charge in [-0.1, -0.05) is 54.6 Å². The van der Waals surface area contributed by atoms with Crippen molar-refractivity contribution in [1.82, 2.24) is 0 Å². The molecule has 1 unspecified atom stereocenters. The van der Waals surface area contributed by atoms with Crippen molar-refractivity contribution in [3.05, 3.63) is 83.4 Å². The van der Waals surface area contributed by atoms with E-state index in [9.17, 15) is 14.7 Å². The lowest BCUT2D eigenvalue weighted by atomic mass is 10.1. The van der Waals surface area contributed by atoms with E-state index in [2.05, 4.69) is 0 Å². The summed E-state index contributed by atoms with van der Waals surface area (Å²) in [6.07, 6.45) is 5.02. The van der Waals surface area contributed by atoms with E-state index < -0.39 is 18.0 Å². The van der Waals surface area contributed by atoms with Crippen molar-refractivity contribution in [1.29, 1.82) is 0 Å². The normalized spacial score (nSPS) is 14.4. The predicted molar refractivity (Wildman–Crippen MR) is 154 cm³/mol. The second kappa shape index (κ2) is 14.1. The van der Waals surface area contributed by atoms with Gasteiger partial charge in [0, 0.05) is 18.5 Å². The van der Waals surface area contributed by atoms with Gasteiger partial charge in [-0.25, -0.2) is 4.79 Å². The van der Waals surface area contributed by atoms with Crippen LogP contribution in [0, 0.1) is 6.92 Å². The minimum absolute atomic E-state index is 0.0200. The van der Waals surface area contributed by atoms with Crippen molar-refractivity contribution in [2.45, 2.75) is 38.7 Å². The molecule has 0 fully saturated rings. The van der Waals surface area contributed by atoms with E-state index in [4.69, 9.17) is 19.3 Å². The Morgan fingerprint density at radius 2 is 1.68 bits per heavy atom. The number of fused-ring (bicyclic) bond motifs is 1. The van der Waals surface area contributed by atoms with Crippen LogP contribution in [0.1, 0.15) is 42.4 Å². The van der Waals surface area contributed by atoms with Gasteiger partial charge in [0.15, 0.2) is 5.75 Å². The van der Waals surface area contributed by atoms with Crippen LogP contribution in [-0.4, -0.2) is 54.6 Å². The van der Waals surface area contributed by atoms with Gasteiger partial charge in [0.25, 0.3) is 0 Å². The fraction of sp³-hybridized carbons (Fsp3) is 0.312. The van der Waals surface area contributed by atoms with Gasteiger partial charge in [0.05, 0.1) is 25.4 Å². The van der Waals surface area contributed by atoms with E-state index in [0.29, 0.717) is 31.9 Å². The fourth-order valence-electron chi connectivity index (χ4n) is 4.45. The molecule has 40 heavy (non-hydrogen) atoms. The van der Waals surface area contributed by atoms with Crippen LogP contribution in [0.2, 0.25) is 0 Å². The predicted octanol–water partition coefficient (Wildman–Crippen LogP) is 5.92. The number of rotatable bonds is 14. The largest absolute Gasteiger partial charge is 0.494 e. The average Bonchev–Trinajstić information content (AvgIpc) is 2.95. The summed E-state index contributed by atoms with van der Waals surface area (Å²) < 4.78 is 17.6. The van der Waals surface area contributed by atoms with Crippen LogP contribution in [0.4, 0.5) is 5.69 Å². The molecule has 1 atom stereocenters. The van der Waals surface area contributed by atoms with Crippen LogP contribution < -0.4 is 19.1 Å². The Kier molecular flexibility index (Phi) is 10.0. The zero-order chi connectivity index (χ0) is 28.3. The van der Waals surface area contributed by atoms with Crippen molar-refractivity contribution < 1.29 is 34.0 Å². The second-order valence-electron chi connectivity index (χ2n) is 9.66. The highest BCUT2D eigenvalue weighted by molar-refractivity contribution is 5.81. The summed E-state index contributed by atoms with van der Waals surface area (Å²) in [5, 5.41) is 18.6. The van der Waals surface area contributed by atoms with Gasteiger partial charge >= 0.3 is 11.9 Å². The number of aryl methyl sites for hydroxylation is 1. The molecule has 1 aliphatic heterocycles. The molecular weight excluding hydrogens is 510 g/mol. The van der Waals surface area contributed by atoms with Gasteiger partial charge in [-0.2, -0.15) is 0 Å². The van der Waals surface area contributed by atoms with Gasteiger partial charge in [-0.05, 0) is 61.6 Å². The number of aliphatic carboxylic acids is 2. The average molecular weight is 546 g/mol. The molecule has 0 spiro atoms. The summed E-state index contributed by atoms with van der Waals surface area (Å²) in [4.78, 5) is 24.6. The fourth-order valence-corrected chi connectivity index (χ4v) is 4.45. The standard InChI is InChI=1S/C32H35NO7/c1-23-8-2-3-11-28(23)39-21-5-4-20-38-26-17-14-24(15-18-26)13-16-25-9-6-10-27-31(25)40-29(32(36)37)22-33(27)19-7-12-30(34)35/h2-3,6,8-11,13-18,29H,4-5,7,12,19-22H2,1H3,(H,34,35)(H,36,37). The van der Waals surface area contributed by atoms with Gasteiger partial charge in [0.2, 0.25) is 6.10 Å². The van der Waals surface area contributed by atoms with Crippen LogP contribution in [0.25, 0.3) is 12.2 Å². The number of hydrogen-bond donors (Lipinski definition) is 2. The Morgan fingerprint density at radius 1 is 0.925 bits per heavy atom. The van der Waals surface area contributed by atoms with Crippen molar-refractivity contribution >= 4 is 29.8 Å². The Balaban J connectivity index is 1.31. The van der Waals surface area contributed by atoms with E-state index in [1.165, 1.54) is 0 Å². The topological polar surface area (TPSA) is 106 Å². The Morgan fingerprint density at radius 3 is 2.40 bits per heavy atom. The molecule has 8 heteroatoms. The number of anilines is 1. The summed E-state index contributed by atoms with van der Waals surface area (Å²) in [6.45, 7) is 3.89. The molecule has 3 aromatic rings. The third-order valence-corrected chi connectivity index (χ3v) is 6.60. The summed E-state index contributed by atoms with van der Waals surface area (Å²) in [5.74, 6) is 0.268. The lowest BCUT2D eigenvalue weighted by Crippen LogP contribution is -2.45. The van der Waals surface area contributed by atoms with Crippen LogP contribution >= 0.6 is 0 Å². The molecule has 1 aliphatic rings. The highest BCUT2D eigenvalue weighted by Crippen LogP contribution is 2.38. The van der Waals surface area contributed by atoms with Crippen LogP contribution in [0.15, 0.2) is 66.7 Å². The minimum Gasteiger partial charge on any atom is -0.494 e. The van der Waals surface area contributed by atoms with E-state index in [-0.39, 0.29) is 13.0 Å². The van der Waals surface area contributed by atoms with Gasteiger partial charge in [-0.3, -0.25) is 4.79 Å².